The van der Waals surface area contributed by atoms with Crippen molar-refractivity contribution in [2.24, 2.45) is 5.92 Å². The summed E-state index contributed by atoms with van der Waals surface area (Å²) in [5.74, 6) is 0.758. The molecular weight excluding hydrogens is 497 g/mol. The number of hydrogen-bond donors (Lipinski definition) is 0. The third-order valence-corrected chi connectivity index (χ3v) is 8.09. The normalized spacial score (nSPS) is 14.4. The number of thioether (sulfide) groups is 1. The molecule has 0 radical (unpaired) electrons. The van der Waals surface area contributed by atoms with Gasteiger partial charge in [-0.2, -0.15) is 0 Å². The number of para-hydroxylation sites is 1. The molecule has 5 aromatic rings. The van der Waals surface area contributed by atoms with Gasteiger partial charge in [0, 0.05) is 25.0 Å². The summed E-state index contributed by atoms with van der Waals surface area (Å²) < 4.78 is 15.5. The number of carbonyl (C=O) groups excluding carboxylic acids is 1. The molecule has 3 aromatic carbocycles. The molecule has 0 atom stereocenters. The van der Waals surface area contributed by atoms with Crippen LogP contribution < -0.4 is 0 Å². The second-order valence-corrected chi connectivity index (χ2v) is 10.7. The van der Waals surface area contributed by atoms with E-state index in [9.17, 15) is 9.18 Å². The van der Waals surface area contributed by atoms with E-state index in [-0.39, 0.29) is 17.5 Å². The SMILES string of the molecule is O=C(CSc1nnc2c3ccccc3n(Cc3ccc(F)cc3)c2n1)N1CCC(Cc2ccccc2)CC1. The number of carbonyl (C=O) groups is 1. The second-order valence-electron chi connectivity index (χ2n) is 9.80. The molecule has 1 fully saturated rings. The summed E-state index contributed by atoms with van der Waals surface area (Å²) in [7, 11) is 0. The number of halogens is 1. The Morgan fingerprint density at radius 3 is 2.42 bits per heavy atom. The van der Waals surface area contributed by atoms with E-state index < -0.39 is 0 Å². The Labute approximate surface area is 224 Å². The number of piperidine rings is 1. The molecule has 0 unspecified atom stereocenters. The number of nitrogens with zero attached hydrogens (tertiary/aromatic N) is 5. The molecule has 0 N–H and O–H groups in total. The standard InChI is InChI=1S/C30H28FN5OS/c31-24-12-10-23(11-13-24)19-36-26-9-5-4-8-25(26)28-29(36)32-30(34-33-28)38-20-27(37)35-16-14-22(15-17-35)18-21-6-2-1-3-7-21/h1-13,22H,14-20H2. The van der Waals surface area contributed by atoms with Crippen LogP contribution >= 0.6 is 11.8 Å². The molecule has 2 aromatic heterocycles. The molecule has 38 heavy (non-hydrogen) atoms. The molecule has 0 aliphatic carbocycles. The Morgan fingerprint density at radius 2 is 1.63 bits per heavy atom. The average Bonchev–Trinajstić information content (AvgIpc) is 3.26. The van der Waals surface area contributed by atoms with Crippen molar-refractivity contribution in [1.29, 1.82) is 0 Å². The molecule has 1 amide bonds. The van der Waals surface area contributed by atoms with Gasteiger partial charge in [0.15, 0.2) is 5.65 Å². The number of hydrogen-bond acceptors (Lipinski definition) is 5. The minimum Gasteiger partial charge on any atom is -0.342 e. The Balaban J connectivity index is 1.14. The first-order valence-electron chi connectivity index (χ1n) is 12.9. The van der Waals surface area contributed by atoms with Crippen LogP contribution in [0.25, 0.3) is 22.1 Å². The van der Waals surface area contributed by atoms with Crippen LogP contribution in [-0.2, 0) is 17.8 Å². The number of aromatic nitrogens is 4. The number of amides is 1. The summed E-state index contributed by atoms with van der Waals surface area (Å²) >= 11 is 1.33. The Bertz CT molecular complexity index is 1560. The zero-order chi connectivity index (χ0) is 25.9. The molecule has 8 heteroatoms. The molecule has 3 heterocycles. The summed E-state index contributed by atoms with van der Waals surface area (Å²) in [6.45, 7) is 2.12. The van der Waals surface area contributed by atoms with Gasteiger partial charge in [-0.05, 0) is 54.5 Å². The highest BCUT2D eigenvalue weighted by Crippen LogP contribution is 2.28. The maximum Gasteiger partial charge on any atom is 0.233 e. The first-order chi connectivity index (χ1) is 18.6. The first-order valence-corrected chi connectivity index (χ1v) is 13.9. The molecular formula is C30H28FN5OS. The lowest BCUT2D eigenvalue weighted by atomic mass is 9.90. The lowest BCUT2D eigenvalue weighted by Crippen LogP contribution is -2.39. The number of rotatable bonds is 7. The van der Waals surface area contributed by atoms with Crippen LogP contribution in [0, 0.1) is 11.7 Å². The molecule has 0 bridgehead atoms. The first kappa shape index (κ1) is 24.6. The van der Waals surface area contributed by atoms with Crippen LogP contribution in [0.4, 0.5) is 4.39 Å². The van der Waals surface area contributed by atoms with E-state index in [4.69, 9.17) is 4.98 Å². The van der Waals surface area contributed by atoms with Gasteiger partial charge in [-0.25, -0.2) is 9.37 Å². The predicted molar refractivity (Wildman–Crippen MR) is 149 cm³/mol. The third kappa shape index (κ3) is 5.27. The zero-order valence-electron chi connectivity index (χ0n) is 21.0. The number of fused-ring (bicyclic) bond motifs is 3. The second kappa shape index (κ2) is 10.9. The summed E-state index contributed by atoms with van der Waals surface area (Å²) in [6.07, 6.45) is 3.13. The van der Waals surface area contributed by atoms with Gasteiger partial charge in [-0.3, -0.25) is 4.79 Å². The molecule has 1 aliphatic rings. The van der Waals surface area contributed by atoms with E-state index in [1.54, 1.807) is 12.1 Å². The van der Waals surface area contributed by atoms with Crippen molar-refractivity contribution in [1.82, 2.24) is 24.6 Å². The lowest BCUT2D eigenvalue weighted by molar-refractivity contribution is -0.129. The monoisotopic (exact) mass is 525 g/mol. The minimum absolute atomic E-state index is 0.115. The third-order valence-electron chi connectivity index (χ3n) is 7.27. The molecule has 6 rings (SSSR count). The average molecular weight is 526 g/mol. The fourth-order valence-electron chi connectivity index (χ4n) is 5.23. The summed E-state index contributed by atoms with van der Waals surface area (Å²) in [6, 6.07) is 25.0. The van der Waals surface area contributed by atoms with Crippen molar-refractivity contribution in [2.45, 2.75) is 31.0 Å². The largest absolute Gasteiger partial charge is 0.342 e. The van der Waals surface area contributed by atoms with E-state index in [1.165, 1.54) is 29.5 Å². The quantitative estimate of drug-likeness (QED) is 0.254. The van der Waals surface area contributed by atoms with E-state index in [0.29, 0.717) is 23.3 Å². The Hall–Kier alpha value is -3.78. The molecule has 1 saturated heterocycles. The van der Waals surface area contributed by atoms with Gasteiger partial charge < -0.3 is 9.47 Å². The van der Waals surface area contributed by atoms with Gasteiger partial charge in [0.1, 0.15) is 11.3 Å². The van der Waals surface area contributed by atoms with E-state index in [1.807, 2.05) is 35.2 Å². The molecule has 1 aliphatic heterocycles. The van der Waals surface area contributed by atoms with Crippen LogP contribution in [0.1, 0.15) is 24.0 Å². The van der Waals surface area contributed by atoms with E-state index >= 15 is 0 Å². The van der Waals surface area contributed by atoms with Crippen molar-refractivity contribution in [3.63, 3.8) is 0 Å². The van der Waals surface area contributed by atoms with Gasteiger partial charge in [0.2, 0.25) is 11.1 Å². The smallest absolute Gasteiger partial charge is 0.233 e. The highest BCUT2D eigenvalue weighted by Gasteiger charge is 2.23. The van der Waals surface area contributed by atoms with Crippen LogP contribution in [0.2, 0.25) is 0 Å². The molecule has 192 valence electrons. The minimum atomic E-state index is -0.260. The van der Waals surface area contributed by atoms with Gasteiger partial charge in [0.25, 0.3) is 0 Å². The predicted octanol–water partition coefficient (Wildman–Crippen LogP) is 5.74. The maximum absolute atomic E-state index is 13.4. The highest BCUT2D eigenvalue weighted by atomic mass is 32.2. The summed E-state index contributed by atoms with van der Waals surface area (Å²) in [4.78, 5) is 19.7. The van der Waals surface area contributed by atoms with Gasteiger partial charge in [0.05, 0.1) is 11.3 Å². The van der Waals surface area contributed by atoms with Crippen molar-refractivity contribution < 1.29 is 9.18 Å². The number of likely N-dealkylation sites (tertiary alicyclic amines) is 1. The topological polar surface area (TPSA) is 63.9 Å². The molecule has 6 nitrogen and oxygen atoms in total. The van der Waals surface area contributed by atoms with Gasteiger partial charge in [-0.1, -0.05) is 72.4 Å². The van der Waals surface area contributed by atoms with Crippen LogP contribution in [0.15, 0.2) is 84.0 Å². The van der Waals surface area contributed by atoms with Crippen LogP contribution in [0.3, 0.4) is 0 Å². The van der Waals surface area contributed by atoms with Crippen LogP contribution in [0.5, 0.6) is 0 Å². The lowest BCUT2D eigenvalue weighted by Gasteiger charge is -2.32. The van der Waals surface area contributed by atoms with Gasteiger partial charge in [-0.15, -0.1) is 10.2 Å². The zero-order valence-corrected chi connectivity index (χ0v) is 21.8. The fourth-order valence-corrected chi connectivity index (χ4v) is 5.92. The van der Waals surface area contributed by atoms with E-state index in [2.05, 4.69) is 39.0 Å². The number of benzene rings is 3. The highest BCUT2D eigenvalue weighted by molar-refractivity contribution is 7.99. The van der Waals surface area contributed by atoms with Crippen molar-refractivity contribution in [3.05, 3.63) is 95.8 Å². The van der Waals surface area contributed by atoms with Crippen LogP contribution in [-0.4, -0.2) is 49.4 Å². The van der Waals surface area contributed by atoms with Crippen molar-refractivity contribution in [3.8, 4) is 0 Å². The fraction of sp³-hybridized carbons (Fsp3) is 0.267. The molecule has 0 spiro atoms. The van der Waals surface area contributed by atoms with Crippen molar-refractivity contribution >= 4 is 39.7 Å². The van der Waals surface area contributed by atoms with Crippen molar-refractivity contribution in [2.75, 3.05) is 18.8 Å². The summed E-state index contributed by atoms with van der Waals surface area (Å²) in [5.41, 5.74) is 4.75. The maximum atomic E-state index is 13.4. The summed E-state index contributed by atoms with van der Waals surface area (Å²) in [5, 5.41) is 10.3. The Morgan fingerprint density at radius 1 is 0.895 bits per heavy atom. The van der Waals surface area contributed by atoms with E-state index in [0.717, 1.165) is 54.3 Å². The molecule has 0 saturated carbocycles. The van der Waals surface area contributed by atoms with Gasteiger partial charge >= 0.3 is 0 Å². The Kier molecular flexibility index (Phi) is 7.05.